The maximum absolute atomic E-state index is 11.9. The predicted octanol–water partition coefficient (Wildman–Crippen LogP) is -0.263. The zero-order valence-electron chi connectivity index (χ0n) is 12.0. The van der Waals surface area contributed by atoms with Crippen LogP contribution in [0.1, 0.15) is 13.8 Å². The molecule has 2 heterocycles. The van der Waals surface area contributed by atoms with Crippen molar-refractivity contribution in [2.24, 2.45) is 17.3 Å². The summed E-state index contributed by atoms with van der Waals surface area (Å²) in [6, 6.07) is 0. The molecule has 6 nitrogen and oxygen atoms in total. The first-order chi connectivity index (χ1) is 9.72. The number of hydrogen-bond acceptors (Lipinski definition) is 6. The van der Waals surface area contributed by atoms with Gasteiger partial charge in [0.25, 0.3) is 0 Å². The first-order valence-electron chi connectivity index (χ1n) is 7.03. The average Bonchev–Trinajstić information content (AvgIpc) is 2.66. The van der Waals surface area contributed by atoms with Gasteiger partial charge in [-0.3, -0.25) is 0 Å². The zero-order valence-corrected chi connectivity index (χ0v) is 12.0. The molecule has 3 N–H and O–H groups in total. The van der Waals surface area contributed by atoms with Crippen LogP contribution in [0.25, 0.3) is 0 Å². The Kier molecular flexibility index (Phi) is 3.08. The van der Waals surface area contributed by atoms with Gasteiger partial charge in [0.1, 0.15) is 6.10 Å². The lowest BCUT2D eigenvalue weighted by molar-refractivity contribution is -0.244. The minimum absolute atomic E-state index is 0.125. The lowest BCUT2D eigenvalue weighted by Crippen LogP contribution is -2.60. The van der Waals surface area contributed by atoms with Crippen molar-refractivity contribution in [3.63, 3.8) is 0 Å². The maximum Gasteiger partial charge on any atom is 0.335 e. The van der Waals surface area contributed by atoms with Crippen molar-refractivity contribution >= 4 is 5.97 Å². The Balaban J connectivity index is 2.16. The molecule has 0 saturated carbocycles. The van der Waals surface area contributed by atoms with E-state index in [9.17, 15) is 20.1 Å². The Hall–Kier alpha value is -1.21. The van der Waals surface area contributed by atoms with Gasteiger partial charge in [-0.05, 0) is 18.4 Å². The summed E-state index contributed by atoms with van der Waals surface area (Å²) in [5.74, 6) is -2.95. The van der Waals surface area contributed by atoms with Gasteiger partial charge in [0.2, 0.25) is 0 Å². The number of aliphatic hydroxyl groups excluding tert-OH is 2. The van der Waals surface area contributed by atoms with Gasteiger partial charge < -0.3 is 24.8 Å². The Labute approximate surface area is 122 Å². The summed E-state index contributed by atoms with van der Waals surface area (Å²) in [5, 5.41) is 31.5. The second-order valence-corrected chi connectivity index (χ2v) is 6.39. The third-order valence-electron chi connectivity index (χ3n) is 5.11. The Morgan fingerprint density at radius 2 is 2.10 bits per heavy atom. The molecule has 3 aliphatic rings. The van der Waals surface area contributed by atoms with Crippen molar-refractivity contribution in [2.45, 2.75) is 37.9 Å². The third kappa shape index (κ3) is 1.70. The van der Waals surface area contributed by atoms with Crippen LogP contribution in [-0.4, -0.2) is 52.0 Å². The van der Waals surface area contributed by atoms with Crippen LogP contribution < -0.4 is 0 Å². The number of carbonyl (C=O) groups excluding carboxylic acids is 1. The van der Waals surface area contributed by atoms with Gasteiger partial charge in [0.15, 0.2) is 11.9 Å². The fraction of sp³-hybridized carbons (Fsp3) is 0.667. The van der Waals surface area contributed by atoms with Crippen LogP contribution in [0.4, 0.5) is 0 Å². The average molecular weight is 296 g/mol. The summed E-state index contributed by atoms with van der Waals surface area (Å²) in [4.78, 5) is 11.9. The van der Waals surface area contributed by atoms with Crippen LogP contribution in [0.5, 0.6) is 0 Å². The molecule has 6 heteroatoms. The fourth-order valence-corrected chi connectivity index (χ4v) is 3.99. The molecular weight excluding hydrogens is 276 g/mol. The van der Waals surface area contributed by atoms with Crippen molar-refractivity contribution in [3.05, 3.63) is 24.3 Å². The number of fused-ring (bicyclic) bond motifs is 2. The third-order valence-corrected chi connectivity index (χ3v) is 5.11. The number of carbonyl (C=O) groups is 1. The summed E-state index contributed by atoms with van der Waals surface area (Å²) in [6.07, 6.45) is -0.291. The zero-order chi connectivity index (χ0) is 15.6. The molecule has 0 bridgehead atoms. The van der Waals surface area contributed by atoms with Crippen molar-refractivity contribution in [2.75, 3.05) is 6.61 Å². The normalized spacial score (nSPS) is 52.9. The molecule has 1 aliphatic carbocycles. The van der Waals surface area contributed by atoms with Gasteiger partial charge in [-0.15, -0.1) is 0 Å². The number of ether oxygens (including phenoxy) is 2. The summed E-state index contributed by atoms with van der Waals surface area (Å²) >= 11 is 0. The van der Waals surface area contributed by atoms with Crippen LogP contribution in [0, 0.1) is 17.3 Å². The smallest absolute Gasteiger partial charge is 0.335 e. The number of aliphatic hydroxyl groups is 3. The van der Waals surface area contributed by atoms with E-state index in [2.05, 4.69) is 6.58 Å². The van der Waals surface area contributed by atoms with Gasteiger partial charge in [-0.1, -0.05) is 25.7 Å². The summed E-state index contributed by atoms with van der Waals surface area (Å²) in [7, 11) is 0. The van der Waals surface area contributed by atoms with E-state index in [0.717, 1.165) is 0 Å². The molecule has 3 rings (SSSR count). The maximum atomic E-state index is 11.9. The van der Waals surface area contributed by atoms with E-state index in [1.165, 1.54) is 6.92 Å². The van der Waals surface area contributed by atoms with Crippen LogP contribution in [0.3, 0.4) is 0 Å². The van der Waals surface area contributed by atoms with Gasteiger partial charge in [-0.25, -0.2) is 4.79 Å². The first-order valence-corrected chi connectivity index (χ1v) is 7.03. The lowest BCUT2D eigenvalue weighted by Gasteiger charge is -2.48. The molecule has 21 heavy (non-hydrogen) atoms. The second kappa shape index (κ2) is 4.39. The molecule has 7 atom stereocenters. The van der Waals surface area contributed by atoms with Crippen molar-refractivity contribution in [1.29, 1.82) is 0 Å². The quantitative estimate of drug-likeness (QED) is 0.533. The first kappa shape index (κ1) is 14.7. The highest BCUT2D eigenvalue weighted by Crippen LogP contribution is 2.59. The fourth-order valence-electron chi connectivity index (χ4n) is 3.99. The van der Waals surface area contributed by atoms with Crippen LogP contribution >= 0.6 is 0 Å². The van der Waals surface area contributed by atoms with Gasteiger partial charge in [-0.2, -0.15) is 0 Å². The van der Waals surface area contributed by atoms with E-state index in [1.54, 1.807) is 12.2 Å². The standard InChI is InChI=1S/C15H20O6/c1-7-4-5-15(12(17)10(7)16)9-8(2)6-20-13(18)11(9)21-14(15,3)19/h4-5,8-12,16-17,19H,1,6H2,2-3H3. The molecule has 0 aromatic rings. The van der Waals surface area contributed by atoms with Gasteiger partial charge in [0.05, 0.1) is 18.1 Å². The molecule has 0 aromatic heterocycles. The van der Waals surface area contributed by atoms with Crippen molar-refractivity contribution < 1.29 is 29.6 Å². The van der Waals surface area contributed by atoms with Gasteiger partial charge in [0, 0.05) is 5.92 Å². The summed E-state index contributed by atoms with van der Waals surface area (Å²) in [5.41, 5.74) is -0.921. The largest absolute Gasteiger partial charge is 0.463 e. The molecule has 2 saturated heterocycles. The Morgan fingerprint density at radius 3 is 2.76 bits per heavy atom. The highest BCUT2D eigenvalue weighted by atomic mass is 16.7. The molecule has 0 amide bonds. The van der Waals surface area contributed by atoms with Crippen LogP contribution in [0.15, 0.2) is 24.3 Å². The van der Waals surface area contributed by atoms with E-state index < -0.39 is 41.4 Å². The van der Waals surface area contributed by atoms with E-state index >= 15 is 0 Å². The SMILES string of the molecule is C=C1C=CC2(C(O)C1O)C1C(C)COC(=O)C1OC2(C)O. The molecule has 1 spiro atoms. The van der Waals surface area contributed by atoms with E-state index in [0.29, 0.717) is 5.57 Å². The molecule has 116 valence electrons. The molecule has 7 unspecified atom stereocenters. The number of esters is 1. The molecule has 2 fully saturated rings. The second-order valence-electron chi connectivity index (χ2n) is 6.39. The van der Waals surface area contributed by atoms with Crippen molar-refractivity contribution in [1.82, 2.24) is 0 Å². The Bertz CT molecular complexity index is 524. The molecular formula is C15H20O6. The Morgan fingerprint density at radius 1 is 1.43 bits per heavy atom. The van der Waals surface area contributed by atoms with Gasteiger partial charge >= 0.3 is 5.97 Å². The summed E-state index contributed by atoms with van der Waals surface area (Å²) < 4.78 is 10.6. The molecule has 0 radical (unpaired) electrons. The van der Waals surface area contributed by atoms with E-state index in [1.807, 2.05) is 6.92 Å². The summed E-state index contributed by atoms with van der Waals surface area (Å²) in [6.45, 7) is 7.14. The minimum atomic E-state index is -1.79. The topological polar surface area (TPSA) is 96.2 Å². The monoisotopic (exact) mass is 296 g/mol. The number of hydrogen-bond donors (Lipinski definition) is 3. The molecule has 2 aliphatic heterocycles. The number of rotatable bonds is 0. The lowest BCUT2D eigenvalue weighted by atomic mass is 9.58. The highest BCUT2D eigenvalue weighted by molar-refractivity contribution is 5.77. The predicted molar refractivity (Wildman–Crippen MR) is 71.8 cm³/mol. The van der Waals surface area contributed by atoms with Crippen LogP contribution in [-0.2, 0) is 14.3 Å². The minimum Gasteiger partial charge on any atom is -0.463 e. The van der Waals surface area contributed by atoms with E-state index in [-0.39, 0.29) is 12.5 Å². The van der Waals surface area contributed by atoms with E-state index in [4.69, 9.17) is 9.47 Å². The number of cyclic esters (lactones) is 1. The van der Waals surface area contributed by atoms with Crippen molar-refractivity contribution in [3.8, 4) is 0 Å². The molecule has 0 aromatic carbocycles. The van der Waals surface area contributed by atoms with Crippen LogP contribution in [0.2, 0.25) is 0 Å². The highest BCUT2D eigenvalue weighted by Gasteiger charge is 2.70.